The summed E-state index contributed by atoms with van der Waals surface area (Å²) in [6, 6.07) is 31.4. The van der Waals surface area contributed by atoms with Crippen molar-refractivity contribution in [1.29, 1.82) is 0 Å². The minimum absolute atomic E-state index is 0.298. The van der Waals surface area contributed by atoms with E-state index in [1.807, 2.05) is 42.5 Å². The van der Waals surface area contributed by atoms with Crippen molar-refractivity contribution in [2.75, 3.05) is 6.61 Å². The van der Waals surface area contributed by atoms with E-state index in [1.165, 1.54) is 0 Å². The van der Waals surface area contributed by atoms with Gasteiger partial charge in [0.05, 0.1) is 30.0 Å². The van der Waals surface area contributed by atoms with Crippen LogP contribution in [0.15, 0.2) is 97.1 Å². The highest BCUT2D eigenvalue weighted by atomic mass is 16.5. The van der Waals surface area contributed by atoms with Crippen LogP contribution >= 0.6 is 0 Å². The van der Waals surface area contributed by atoms with Crippen LogP contribution in [0.5, 0.6) is 5.75 Å². The average Bonchev–Trinajstić information content (AvgIpc) is 2.89. The van der Waals surface area contributed by atoms with E-state index in [2.05, 4.69) is 41.4 Å². The first-order valence-corrected chi connectivity index (χ1v) is 11.5. The lowest BCUT2D eigenvalue weighted by atomic mass is 10.1. The molecule has 0 fully saturated rings. The van der Waals surface area contributed by atoms with E-state index in [4.69, 9.17) is 14.6 Å². The van der Waals surface area contributed by atoms with E-state index in [0.29, 0.717) is 31.8 Å². The predicted molar refractivity (Wildman–Crippen MR) is 137 cm³/mol. The molecule has 5 aromatic rings. The SMILES string of the molecule is O=C(O)c1cccc(CCOCc2ccc3ccc(OCc4ccc5ccccc5n4)cc3c2)c1. The fourth-order valence-electron chi connectivity index (χ4n) is 4.04. The number of rotatable bonds is 9. The van der Waals surface area contributed by atoms with Gasteiger partial charge >= 0.3 is 5.97 Å². The highest BCUT2D eigenvalue weighted by molar-refractivity contribution is 5.87. The topological polar surface area (TPSA) is 68.7 Å². The molecule has 0 aliphatic heterocycles. The van der Waals surface area contributed by atoms with Gasteiger partial charge in [-0.2, -0.15) is 0 Å². The third kappa shape index (κ3) is 5.65. The maximum atomic E-state index is 11.1. The number of carbonyl (C=O) groups is 1. The van der Waals surface area contributed by atoms with Crippen LogP contribution in [0.1, 0.15) is 27.2 Å². The number of carboxylic acid groups (broad SMARTS) is 1. The van der Waals surface area contributed by atoms with Crippen LogP contribution in [0.3, 0.4) is 0 Å². The molecule has 0 unspecified atom stereocenters. The number of pyridine rings is 1. The van der Waals surface area contributed by atoms with E-state index in [-0.39, 0.29) is 0 Å². The van der Waals surface area contributed by atoms with Gasteiger partial charge in [-0.15, -0.1) is 0 Å². The van der Waals surface area contributed by atoms with E-state index in [9.17, 15) is 4.79 Å². The number of hydrogen-bond acceptors (Lipinski definition) is 4. The van der Waals surface area contributed by atoms with Gasteiger partial charge in [-0.25, -0.2) is 9.78 Å². The lowest BCUT2D eigenvalue weighted by Crippen LogP contribution is -2.01. The first-order valence-electron chi connectivity index (χ1n) is 11.5. The quantitative estimate of drug-likeness (QED) is 0.255. The third-order valence-corrected chi connectivity index (χ3v) is 5.90. The van der Waals surface area contributed by atoms with Gasteiger partial charge in [-0.1, -0.05) is 54.6 Å². The van der Waals surface area contributed by atoms with E-state index in [1.54, 1.807) is 18.2 Å². The molecule has 1 N–H and O–H groups in total. The summed E-state index contributed by atoms with van der Waals surface area (Å²) in [5.41, 5.74) is 4.17. The summed E-state index contributed by atoms with van der Waals surface area (Å²) < 4.78 is 11.9. The molecule has 5 nitrogen and oxygen atoms in total. The molecular weight excluding hydrogens is 438 g/mol. The van der Waals surface area contributed by atoms with Gasteiger partial charge < -0.3 is 14.6 Å². The molecule has 4 aromatic carbocycles. The fourth-order valence-corrected chi connectivity index (χ4v) is 4.04. The largest absolute Gasteiger partial charge is 0.487 e. The number of fused-ring (bicyclic) bond motifs is 2. The van der Waals surface area contributed by atoms with Crippen LogP contribution in [-0.4, -0.2) is 22.7 Å². The van der Waals surface area contributed by atoms with Gasteiger partial charge in [0.25, 0.3) is 0 Å². The maximum Gasteiger partial charge on any atom is 0.335 e. The molecule has 0 aliphatic carbocycles. The Morgan fingerprint density at radius 2 is 1.60 bits per heavy atom. The molecule has 0 saturated carbocycles. The molecule has 0 radical (unpaired) electrons. The summed E-state index contributed by atoms with van der Waals surface area (Å²) in [6.07, 6.45) is 0.662. The van der Waals surface area contributed by atoms with Gasteiger partial charge in [0.1, 0.15) is 12.4 Å². The zero-order chi connectivity index (χ0) is 24.0. The summed E-state index contributed by atoms with van der Waals surface area (Å²) in [4.78, 5) is 15.8. The second-order valence-corrected chi connectivity index (χ2v) is 8.44. The van der Waals surface area contributed by atoms with Gasteiger partial charge in [0.15, 0.2) is 0 Å². The van der Waals surface area contributed by atoms with Crippen LogP contribution in [-0.2, 0) is 24.4 Å². The zero-order valence-corrected chi connectivity index (χ0v) is 19.2. The Bertz CT molecular complexity index is 1490. The molecule has 1 heterocycles. The Labute approximate surface area is 203 Å². The fraction of sp³-hybridized carbons (Fsp3) is 0.133. The number of para-hydroxylation sites is 1. The number of aromatic carboxylic acids is 1. The molecule has 35 heavy (non-hydrogen) atoms. The maximum absolute atomic E-state index is 11.1. The molecule has 0 spiro atoms. The second-order valence-electron chi connectivity index (χ2n) is 8.44. The first kappa shape index (κ1) is 22.6. The minimum atomic E-state index is -0.916. The molecule has 174 valence electrons. The van der Waals surface area contributed by atoms with E-state index < -0.39 is 5.97 Å². The number of carboxylic acids is 1. The molecular formula is C30H25NO4. The summed E-state index contributed by atoms with van der Waals surface area (Å²) in [5.74, 6) is -0.121. The zero-order valence-electron chi connectivity index (χ0n) is 19.2. The highest BCUT2D eigenvalue weighted by Gasteiger charge is 2.05. The van der Waals surface area contributed by atoms with Crippen molar-refractivity contribution in [3.8, 4) is 5.75 Å². The van der Waals surface area contributed by atoms with Crippen molar-refractivity contribution in [1.82, 2.24) is 4.98 Å². The smallest absolute Gasteiger partial charge is 0.335 e. The molecule has 0 aliphatic rings. The molecule has 5 heteroatoms. The van der Waals surface area contributed by atoms with Crippen LogP contribution in [0, 0.1) is 0 Å². The Morgan fingerprint density at radius 1 is 0.743 bits per heavy atom. The number of ether oxygens (including phenoxy) is 2. The monoisotopic (exact) mass is 463 g/mol. The van der Waals surface area contributed by atoms with Crippen molar-refractivity contribution in [2.24, 2.45) is 0 Å². The van der Waals surface area contributed by atoms with Crippen LogP contribution in [0.4, 0.5) is 0 Å². The molecule has 0 amide bonds. The molecule has 0 bridgehead atoms. The van der Waals surface area contributed by atoms with Gasteiger partial charge in [0.2, 0.25) is 0 Å². The minimum Gasteiger partial charge on any atom is -0.487 e. The summed E-state index contributed by atoms with van der Waals surface area (Å²) in [5, 5.41) is 12.5. The molecule has 5 rings (SSSR count). The van der Waals surface area contributed by atoms with Gasteiger partial charge in [0, 0.05) is 5.39 Å². The Morgan fingerprint density at radius 3 is 2.51 bits per heavy atom. The third-order valence-electron chi connectivity index (χ3n) is 5.90. The Balaban J connectivity index is 1.19. The van der Waals surface area contributed by atoms with Crippen molar-refractivity contribution in [3.05, 3.63) is 119 Å². The Hall–Kier alpha value is -4.22. The second kappa shape index (κ2) is 10.4. The number of aromatic nitrogens is 1. The summed E-state index contributed by atoms with van der Waals surface area (Å²) in [7, 11) is 0. The number of hydrogen-bond donors (Lipinski definition) is 1. The van der Waals surface area contributed by atoms with Gasteiger partial charge in [-0.3, -0.25) is 0 Å². The van der Waals surface area contributed by atoms with Crippen LogP contribution < -0.4 is 4.74 Å². The standard InChI is InChI=1S/C30H25NO4/c32-30(33)25-6-3-4-21(16-25)14-15-34-19-22-8-9-23-11-13-28(18-26(23)17-22)35-20-27-12-10-24-5-1-2-7-29(24)31-27/h1-13,16-18H,14-15,19-20H2,(H,32,33). The lowest BCUT2D eigenvalue weighted by Gasteiger charge is -2.09. The summed E-state index contributed by atoms with van der Waals surface area (Å²) in [6.45, 7) is 1.41. The van der Waals surface area contributed by atoms with E-state index >= 15 is 0 Å². The van der Waals surface area contributed by atoms with Crippen molar-refractivity contribution < 1.29 is 19.4 Å². The van der Waals surface area contributed by atoms with E-state index in [0.717, 1.165) is 44.2 Å². The Kier molecular flexibility index (Phi) is 6.68. The van der Waals surface area contributed by atoms with Gasteiger partial charge in [-0.05, 0) is 70.8 Å². The average molecular weight is 464 g/mol. The normalized spacial score (nSPS) is 11.1. The van der Waals surface area contributed by atoms with Crippen molar-refractivity contribution >= 4 is 27.6 Å². The number of nitrogens with zero attached hydrogens (tertiary/aromatic N) is 1. The summed E-state index contributed by atoms with van der Waals surface area (Å²) >= 11 is 0. The predicted octanol–water partition coefficient (Wildman–Crippen LogP) is 6.42. The molecule has 0 atom stereocenters. The highest BCUT2D eigenvalue weighted by Crippen LogP contribution is 2.23. The van der Waals surface area contributed by atoms with Crippen LogP contribution in [0.2, 0.25) is 0 Å². The molecule has 1 aromatic heterocycles. The number of benzene rings is 4. The van der Waals surface area contributed by atoms with Crippen molar-refractivity contribution in [3.63, 3.8) is 0 Å². The molecule has 0 saturated heterocycles. The van der Waals surface area contributed by atoms with Crippen molar-refractivity contribution in [2.45, 2.75) is 19.6 Å². The first-order chi connectivity index (χ1) is 17.1. The van der Waals surface area contributed by atoms with Crippen LogP contribution in [0.25, 0.3) is 21.7 Å². The lowest BCUT2D eigenvalue weighted by molar-refractivity contribution is 0.0696.